The molecule has 1 aliphatic heterocycles. The Balaban J connectivity index is 2.11. The third kappa shape index (κ3) is 1.41. The van der Waals surface area contributed by atoms with Crippen LogP contribution in [0.15, 0.2) is 18.5 Å². The second-order valence-corrected chi connectivity index (χ2v) is 3.49. The molecular weight excluding hydrogens is 164 g/mol. The Morgan fingerprint density at radius 2 is 2.38 bits per heavy atom. The molecule has 2 heterocycles. The van der Waals surface area contributed by atoms with E-state index < -0.39 is 0 Å². The van der Waals surface area contributed by atoms with Crippen molar-refractivity contribution in [3.05, 3.63) is 29.6 Å². The van der Waals surface area contributed by atoms with E-state index in [2.05, 4.69) is 11.9 Å². The molecule has 0 unspecified atom stereocenters. The van der Waals surface area contributed by atoms with E-state index in [0.717, 1.165) is 19.5 Å². The average molecular weight is 176 g/mol. The fourth-order valence-corrected chi connectivity index (χ4v) is 1.70. The number of rotatable bonds is 2. The molecule has 1 saturated heterocycles. The maximum absolute atomic E-state index is 10.4. The van der Waals surface area contributed by atoms with E-state index in [4.69, 9.17) is 0 Å². The molecule has 68 valence electrons. The van der Waals surface area contributed by atoms with Crippen LogP contribution in [0.5, 0.6) is 0 Å². The lowest BCUT2D eigenvalue weighted by Gasteiger charge is -2.37. The summed E-state index contributed by atoms with van der Waals surface area (Å²) in [5, 5.41) is 0. The van der Waals surface area contributed by atoms with Crippen molar-refractivity contribution in [1.29, 1.82) is 0 Å². The molecule has 3 heteroatoms. The van der Waals surface area contributed by atoms with Crippen LogP contribution in [0.25, 0.3) is 0 Å². The van der Waals surface area contributed by atoms with E-state index in [1.807, 2.05) is 12.3 Å². The number of hydrogen-bond acceptors (Lipinski definition) is 2. The Kier molecular flexibility index (Phi) is 2.00. The van der Waals surface area contributed by atoms with Crippen molar-refractivity contribution >= 4 is 6.41 Å². The van der Waals surface area contributed by atoms with Gasteiger partial charge in [0, 0.05) is 31.4 Å². The summed E-state index contributed by atoms with van der Waals surface area (Å²) in [4.78, 5) is 16.2. The van der Waals surface area contributed by atoms with Gasteiger partial charge in [0.25, 0.3) is 0 Å². The number of nitrogens with zero attached hydrogens (tertiary/aromatic N) is 2. The quantitative estimate of drug-likeness (QED) is 0.628. The highest BCUT2D eigenvalue weighted by atomic mass is 16.1. The molecule has 1 aromatic rings. The number of likely N-dealkylation sites (tertiary alicyclic amines) is 1. The lowest BCUT2D eigenvalue weighted by Crippen LogP contribution is -2.44. The first-order chi connectivity index (χ1) is 6.31. The highest BCUT2D eigenvalue weighted by Gasteiger charge is 2.27. The summed E-state index contributed by atoms with van der Waals surface area (Å²) >= 11 is 0. The van der Waals surface area contributed by atoms with Crippen molar-refractivity contribution in [2.75, 3.05) is 13.1 Å². The predicted octanol–water partition coefficient (Wildman–Crippen LogP) is 0.946. The third-order valence-electron chi connectivity index (χ3n) is 2.58. The van der Waals surface area contributed by atoms with Gasteiger partial charge in [-0.1, -0.05) is 0 Å². The highest BCUT2D eigenvalue weighted by Crippen LogP contribution is 2.27. The fourth-order valence-electron chi connectivity index (χ4n) is 1.70. The summed E-state index contributed by atoms with van der Waals surface area (Å²) in [6.45, 7) is 3.77. The van der Waals surface area contributed by atoms with Gasteiger partial charge in [-0.15, -0.1) is 0 Å². The lowest BCUT2D eigenvalue weighted by molar-refractivity contribution is -0.122. The molecule has 0 aliphatic carbocycles. The van der Waals surface area contributed by atoms with Crippen LogP contribution in [0.2, 0.25) is 0 Å². The van der Waals surface area contributed by atoms with E-state index in [-0.39, 0.29) is 0 Å². The summed E-state index contributed by atoms with van der Waals surface area (Å²) in [7, 11) is 0. The van der Waals surface area contributed by atoms with Gasteiger partial charge in [-0.25, -0.2) is 0 Å². The van der Waals surface area contributed by atoms with Crippen molar-refractivity contribution in [2.24, 2.45) is 0 Å². The topological polar surface area (TPSA) is 33.2 Å². The number of aromatic nitrogens is 1. The van der Waals surface area contributed by atoms with Crippen LogP contribution in [-0.2, 0) is 4.79 Å². The van der Waals surface area contributed by atoms with Crippen LogP contribution in [0.3, 0.4) is 0 Å². The largest absolute Gasteiger partial charge is 0.344 e. The first kappa shape index (κ1) is 8.23. The molecule has 0 aromatic carbocycles. The van der Waals surface area contributed by atoms with E-state index in [1.165, 1.54) is 11.1 Å². The molecule has 2 rings (SSSR count). The number of amides is 1. The fraction of sp³-hybridized carbons (Fsp3) is 0.400. The summed E-state index contributed by atoms with van der Waals surface area (Å²) in [5.41, 5.74) is 2.55. The molecule has 0 saturated carbocycles. The van der Waals surface area contributed by atoms with Crippen LogP contribution >= 0.6 is 0 Å². The second-order valence-electron chi connectivity index (χ2n) is 3.49. The monoisotopic (exact) mass is 176 g/mol. The van der Waals surface area contributed by atoms with Crippen LogP contribution in [0.1, 0.15) is 17.0 Å². The molecule has 0 atom stereocenters. The summed E-state index contributed by atoms with van der Waals surface area (Å²) in [6.07, 6.45) is 4.61. The summed E-state index contributed by atoms with van der Waals surface area (Å²) < 4.78 is 0. The van der Waals surface area contributed by atoms with Gasteiger partial charge < -0.3 is 4.90 Å². The van der Waals surface area contributed by atoms with Gasteiger partial charge in [0.1, 0.15) is 0 Å². The maximum atomic E-state index is 10.4. The Morgan fingerprint density at radius 1 is 1.62 bits per heavy atom. The second kappa shape index (κ2) is 3.17. The van der Waals surface area contributed by atoms with Gasteiger partial charge in [0.15, 0.2) is 0 Å². The van der Waals surface area contributed by atoms with Crippen molar-refractivity contribution in [3.63, 3.8) is 0 Å². The molecule has 1 amide bonds. The number of carbonyl (C=O) groups is 1. The minimum Gasteiger partial charge on any atom is -0.344 e. The van der Waals surface area contributed by atoms with Crippen molar-refractivity contribution < 1.29 is 4.79 Å². The Bertz CT molecular complexity index is 318. The van der Waals surface area contributed by atoms with Gasteiger partial charge in [-0.2, -0.15) is 0 Å². The van der Waals surface area contributed by atoms with Gasteiger partial charge >= 0.3 is 0 Å². The Labute approximate surface area is 77.4 Å². The number of carbonyl (C=O) groups excluding carboxylic acids is 1. The molecule has 3 nitrogen and oxygen atoms in total. The molecular formula is C10H12N2O. The predicted molar refractivity (Wildman–Crippen MR) is 49.4 cm³/mol. The maximum Gasteiger partial charge on any atom is 0.209 e. The molecule has 1 fully saturated rings. The van der Waals surface area contributed by atoms with Gasteiger partial charge in [0.05, 0.1) is 0 Å². The number of hydrogen-bond donors (Lipinski definition) is 0. The molecule has 0 N–H and O–H groups in total. The van der Waals surface area contributed by atoms with Gasteiger partial charge in [-0.3, -0.25) is 9.78 Å². The van der Waals surface area contributed by atoms with E-state index >= 15 is 0 Å². The molecule has 0 radical (unpaired) electrons. The molecule has 13 heavy (non-hydrogen) atoms. The smallest absolute Gasteiger partial charge is 0.209 e. The lowest BCUT2D eigenvalue weighted by atomic mass is 9.90. The minimum absolute atomic E-state index is 0.499. The zero-order chi connectivity index (χ0) is 9.26. The SMILES string of the molecule is Cc1ccncc1C1CN(C=O)C1. The number of pyridine rings is 1. The summed E-state index contributed by atoms with van der Waals surface area (Å²) in [5.74, 6) is 0.499. The first-order valence-corrected chi connectivity index (χ1v) is 4.41. The Hall–Kier alpha value is -1.38. The van der Waals surface area contributed by atoms with Crippen molar-refractivity contribution in [1.82, 2.24) is 9.88 Å². The van der Waals surface area contributed by atoms with Crippen LogP contribution < -0.4 is 0 Å². The van der Waals surface area contributed by atoms with Crippen LogP contribution in [-0.4, -0.2) is 29.4 Å². The summed E-state index contributed by atoms with van der Waals surface area (Å²) in [6, 6.07) is 2.01. The third-order valence-corrected chi connectivity index (χ3v) is 2.58. The first-order valence-electron chi connectivity index (χ1n) is 4.41. The normalized spacial score (nSPS) is 16.8. The molecule has 0 spiro atoms. The van der Waals surface area contributed by atoms with Crippen molar-refractivity contribution in [2.45, 2.75) is 12.8 Å². The minimum atomic E-state index is 0.499. The van der Waals surface area contributed by atoms with Gasteiger partial charge in [-0.05, 0) is 24.1 Å². The van der Waals surface area contributed by atoms with Crippen LogP contribution in [0, 0.1) is 6.92 Å². The van der Waals surface area contributed by atoms with Crippen LogP contribution in [0.4, 0.5) is 0 Å². The highest BCUT2D eigenvalue weighted by molar-refractivity contribution is 5.50. The van der Waals surface area contributed by atoms with E-state index in [1.54, 1.807) is 11.1 Å². The van der Waals surface area contributed by atoms with Crippen molar-refractivity contribution in [3.8, 4) is 0 Å². The average Bonchev–Trinajstić information content (AvgIpc) is 2.06. The zero-order valence-corrected chi connectivity index (χ0v) is 7.60. The van der Waals surface area contributed by atoms with E-state index in [9.17, 15) is 4.79 Å². The van der Waals surface area contributed by atoms with Gasteiger partial charge in [0.2, 0.25) is 6.41 Å². The zero-order valence-electron chi connectivity index (χ0n) is 7.60. The molecule has 0 bridgehead atoms. The molecule has 1 aliphatic rings. The standard InChI is InChI=1S/C10H12N2O/c1-8-2-3-11-4-10(8)9-5-12(6-9)7-13/h2-4,7,9H,5-6H2,1H3. The Morgan fingerprint density at radius 3 is 3.00 bits per heavy atom. The van der Waals surface area contributed by atoms with E-state index in [0.29, 0.717) is 5.92 Å². The number of aryl methyl sites for hydroxylation is 1. The molecule has 1 aromatic heterocycles.